The molecule has 4 nitrogen and oxygen atoms in total. The lowest BCUT2D eigenvalue weighted by molar-refractivity contribution is 0.600. The standard InChI is InChI=1S/C11H11ClN2O2S2/c1-18(15,16)11-14-13-10(17-11)7-4-8-2-5-9(12)6-3-8/h2-3,5-6H,4,7H2,1H3. The van der Waals surface area contributed by atoms with Crippen LogP contribution in [0, 0.1) is 0 Å². The molecule has 0 saturated heterocycles. The smallest absolute Gasteiger partial charge is 0.221 e. The lowest BCUT2D eigenvalue weighted by Gasteiger charge is -1.98. The molecular formula is C11H11ClN2O2S2. The summed E-state index contributed by atoms with van der Waals surface area (Å²) in [7, 11) is -3.24. The molecule has 0 aliphatic rings. The highest BCUT2D eigenvalue weighted by Gasteiger charge is 2.13. The van der Waals surface area contributed by atoms with Gasteiger partial charge in [0.15, 0.2) is 0 Å². The van der Waals surface area contributed by atoms with Gasteiger partial charge >= 0.3 is 0 Å². The van der Waals surface area contributed by atoms with Crippen molar-refractivity contribution in [3.8, 4) is 0 Å². The topological polar surface area (TPSA) is 59.9 Å². The number of halogens is 1. The molecule has 0 unspecified atom stereocenters. The molecule has 0 fully saturated rings. The first-order valence-electron chi connectivity index (χ1n) is 5.22. The summed E-state index contributed by atoms with van der Waals surface area (Å²) in [6, 6.07) is 7.56. The van der Waals surface area contributed by atoms with Gasteiger partial charge in [0.1, 0.15) is 5.01 Å². The summed E-state index contributed by atoms with van der Waals surface area (Å²) < 4.78 is 22.6. The molecule has 0 saturated carbocycles. The Kier molecular flexibility index (Phi) is 3.99. The number of hydrogen-bond acceptors (Lipinski definition) is 5. The molecule has 2 aromatic rings. The molecule has 96 valence electrons. The second kappa shape index (κ2) is 5.34. The van der Waals surface area contributed by atoms with Gasteiger partial charge in [-0.15, -0.1) is 10.2 Å². The maximum Gasteiger partial charge on any atom is 0.232 e. The molecule has 0 radical (unpaired) electrons. The lowest BCUT2D eigenvalue weighted by atomic mass is 10.1. The van der Waals surface area contributed by atoms with Crippen molar-refractivity contribution in [2.45, 2.75) is 17.2 Å². The average Bonchev–Trinajstić information content (AvgIpc) is 2.77. The van der Waals surface area contributed by atoms with E-state index in [9.17, 15) is 8.42 Å². The van der Waals surface area contributed by atoms with Crippen molar-refractivity contribution in [2.24, 2.45) is 0 Å². The van der Waals surface area contributed by atoms with Crippen LogP contribution < -0.4 is 0 Å². The Bertz CT molecular complexity index is 635. The number of hydrogen-bond donors (Lipinski definition) is 0. The van der Waals surface area contributed by atoms with Gasteiger partial charge in [0.25, 0.3) is 0 Å². The van der Waals surface area contributed by atoms with E-state index in [-0.39, 0.29) is 4.34 Å². The molecule has 2 rings (SSSR count). The molecular weight excluding hydrogens is 292 g/mol. The van der Waals surface area contributed by atoms with Crippen LogP contribution in [0.15, 0.2) is 28.6 Å². The fourth-order valence-electron chi connectivity index (χ4n) is 1.39. The van der Waals surface area contributed by atoms with Crippen LogP contribution in [0.5, 0.6) is 0 Å². The number of rotatable bonds is 4. The van der Waals surface area contributed by atoms with Crippen molar-refractivity contribution in [1.82, 2.24) is 10.2 Å². The van der Waals surface area contributed by atoms with E-state index in [2.05, 4.69) is 10.2 Å². The van der Waals surface area contributed by atoms with Crippen LogP contribution in [0.4, 0.5) is 0 Å². The number of nitrogens with zero attached hydrogens (tertiary/aromatic N) is 2. The van der Waals surface area contributed by atoms with E-state index in [1.54, 1.807) is 0 Å². The van der Waals surface area contributed by atoms with Crippen molar-refractivity contribution in [2.75, 3.05) is 6.26 Å². The van der Waals surface area contributed by atoms with Gasteiger partial charge in [-0.05, 0) is 24.1 Å². The minimum atomic E-state index is -3.24. The molecule has 18 heavy (non-hydrogen) atoms. The van der Waals surface area contributed by atoms with E-state index in [0.717, 1.165) is 34.6 Å². The number of aryl methyl sites for hydroxylation is 2. The Morgan fingerprint density at radius 1 is 1.17 bits per heavy atom. The molecule has 1 heterocycles. The zero-order valence-corrected chi connectivity index (χ0v) is 12.0. The predicted molar refractivity (Wildman–Crippen MR) is 71.9 cm³/mol. The summed E-state index contributed by atoms with van der Waals surface area (Å²) in [6.07, 6.45) is 2.60. The minimum absolute atomic E-state index is 0.0774. The molecule has 0 aliphatic heterocycles. The minimum Gasteiger partial charge on any atom is -0.221 e. The van der Waals surface area contributed by atoms with Gasteiger partial charge in [-0.1, -0.05) is 35.1 Å². The predicted octanol–water partition coefficient (Wildman–Crippen LogP) is 2.38. The van der Waals surface area contributed by atoms with Gasteiger partial charge in [-0.25, -0.2) is 8.42 Å². The zero-order chi connectivity index (χ0) is 13.2. The lowest BCUT2D eigenvalue weighted by Crippen LogP contribution is -1.95. The van der Waals surface area contributed by atoms with Gasteiger partial charge in [-0.3, -0.25) is 0 Å². The van der Waals surface area contributed by atoms with E-state index in [1.807, 2.05) is 24.3 Å². The zero-order valence-electron chi connectivity index (χ0n) is 9.63. The highest BCUT2D eigenvalue weighted by molar-refractivity contribution is 7.92. The molecule has 0 amide bonds. The highest BCUT2D eigenvalue weighted by Crippen LogP contribution is 2.17. The highest BCUT2D eigenvalue weighted by atomic mass is 35.5. The summed E-state index contributed by atoms with van der Waals surface area (Å²) in [5, 5.41) is 8.98. The maximum atomic E-state index is 11.3. The van der Waals surface area contributed by atoms with Crippen molar-refractivity contribution in [3.05, 3.63) is 39.9 Å². The summed E-state index contributed by atoms with van der Waals surface area (Å²) in [6.45, 7) is 0. The van der Waals surface area contributed by atoms with E-state index in [4.69, 9.17) is 11.6 Å². The monoisotopic (exact) mass is 302 g/mol. The first-order valence-corrected chi connectivity index (χ1v) is 8.30. The third-order valence-electron chi connectivity index (χ3n) is 2.31. The average molecular weight is 303 g/mol. The third-order valence-corrected chi connectivity index (χ3v) is 5.21. The third kappa shape index (κ3) is 3.51. The largest absolute Gasteiger partial charge is 0.232 e. The van der Waals surface area contributed by atoms with Gasteiger partial charge in [0.05, 0.1) is 0 Å². The van der Waals surface area contributed by atoms with E-state index < -0.39 is 9.84 Å². The Morgan fingerprint density at radius 3 is 2.39 bits per heavy atom. The van der Waals surface area contributed by atoms with Crippen LogP contribution in [0.3, 0.4) is 0 Å². The SMILES string of the molecule is CS(=O)(=O)c1nnc(CCc2ccc(Cl)cc2)s1. The fourth-order valence-corrected chi connectivity index (χ4v) is 3.17. The second-order valence-electron chi connectivity index (χ2n) is 3.86. The first-order chi connectivity index (χ1) is 8.45. The van der Waals surface area contributed by atoms with Crippen LogP contribution in [-0.4, -0.2) is 24.9 Å². The van der Waals surface area contributed by atoms with Crippen molar-refractivity contribution in [3.63, 3.8) is 0 Å². The number of aromatic nitrogens is 2. The van der Waals surface area contributed by atoms with Gasteiger partial charge in [0.2, 0.25) is 14.2 Å². The second-order valence-corrected chi connectivity index (χ2v) is 7.55. The summed E-state index contributed by atoms with van der Waals surface area (Å²) in [5.74, 6) is 0. The van der Waals surface area contributed by atoms with Crippen LogP contribution >= 0.6 is 22.9 Å². The molecule has 0 aliphatic carbocycles. The molecule has 0 N–H and O–H groups in total. The normalized spacial score (nSPS) is 11.7. The van der Waals surface area contributed by atoms with Crippen molar-refractivity contribution >= 4 is 32.8 Å². The Labute approximate surface area is 115 Å². The van der Waals surface area contributed by atoms with E-state index in [1.165, 1.54) is 0 Å². The van der Waals surface area contributed by atoms with Gasteiger partial charge in [-0.2, -0.15) is 0 Å². The molecule has 0 bridgehead atoms. The summed E-state index contributed by atoms with van der Waals surface area (Å²) >= 11 is 6.92. The molecule has 7 heteroatoms. The number of benzene rings is 1. The number of sulfone groups is 1. The Hall–Kier alpha value is -0.980. The maximum absolute atomic E-state index is 11.3. The quantitative estimate of drug-likeness (QED) is 0.870. The van der Waals surface area contributed by atoms with E-state index in [0.29, 0.717) is 11.4 Å². The first kappa shape index (κ1) is 13.5. The van der Waals surface area contributed by atoms with Gasteiger partial charge in [0, 0.05) is 17.7 Å². The van der Waals surface area contributed by atoms with Crippen LogP contribution in [0.1, 0.15) is 10.6 Å². The van der Waals surface area contributed by atoms with Crippen molar-refractivity contribution < 1.29 is 8.42 Å². The fraction of sp³-hybridized carbons (Fsp3) is 0.273. The summed E-state index contributed by atoms with van der Waals surface area (Å²) in [5.41, 5.74) is 1.13. The summed E-state index contributed by atoms with van der Waals surface area (Å²) in [4.78, 5) is 0. The van der Waals surface area contributed by atoms with Crippen LogP contribution in [0.2, 0.25) is 5.02 Å². The van der Waals surface area contributed by atoms with Crippen molar-refractivity contribution in [1.29, 1.82) is 0 Å². The van der Waals surface area contributed by atoms with Crippen LogP contribution in [-0.2, 0) is 22.7 Å². The Morgan fingerprint density at radius 2 is 1.83 bits per heavy atom. The molecule has 0 spiro atoms. The van der Waals surface area contributed by atoms with Gasteiger partial charge < -0.3 is 0 Å². The Balaban J connectivity index is 2.03. The van der Waals surface area contributed by atoms with Crippen LogP contribution in [0.25, 0.3) is 0 Å². The molecule has 1 aromatic carbocycles. The van der Waals surface area contributed by atoms with E-state index >= 15 is 0 Å². The molecule has 1 aromatic heterocycles. The molecule has 0 atom stereocenters.